The Balaban J connectivity index is 2.36. The van der Waals surface area contributed by atoms with Crippen LogP contribution in [0.5, 0.6) is 0 Å². The van der Waals surface area contributed by atoms with Crippen LogP contribution in [0.25, 0.3) is 0 Å². The molecule has 0 aliphatic rings. The van der Waals surface area contributed by atoms with Crippen LogP contribution < -0.4 is 0 Å². The molecule has 1 aromatic heterocycles. The average Bonchev–Trinajstić information content (AvgIpc) is 2.58. The molecule has 0 N–H and O–H groups in total. The van der Waals surface area contributed by atoms with Crippen LogP contribution in [0.15, 0.2) is 36.4 Å². The SMILES string of the molecule is Cc1cc(C(Cl)c2ccccc2)c(C)s1. The molecule has 0 saturated carbocycles. The lowest BCUT2D eigenvalue weighted by Crippen LogP contribution is -1.92. The van der Waals surface area contributed by atoms with E-state index in [4.69, 9.17) is 11.6 Å². The fraction of sp³-hybridized carbons (Fsp3) is 0.231. The monoisotopic (exact) mass is 236 g/mol. The van der Waals surface area contributed by atoms with Gasteiger partial charge in [0.2, 0.25) is 0 Å². The Hall–Kier alpha value is -0.790. The number of hydrogen-bond donors (Lipinski definition) is 0. The molecule has 78 valence electrons. The number of aryl methyl sites for hydroxylation is 2. The summed E-state index contributed by atoms with van der Waals surface area (Å²) in [6.45, 7) is 4.25. The third kappa shape index (κ3) is 2.24. The summed E-state index contributed by atoms with van der Waals surface area (Å²) in [6.07, 6.45) is 0. The Bertz CT molecular complexity index is 445. The predicted molar refractivity (Wildman–Crippen MR) is 67.9 cm³/mol. The molecule has 1 unspecified atom stereocenters. The van der Waals surface area contributed by atoms with Crippen molar-refractivity contribution >= 4 is 22.9 Å². The summed E-state index contributed by atoms with van der Waals surface area (Å²) in [6, 6.07) is 12.4. The molecule has 0 bridgehead atoms. The molecule has 0 fully saturated rings. The molecule has 1 heterocycles. The lowest BCUT2D eigenvalue weighted by atomic mass is 10.1. The molecule has 0 aliphatic heterocycles. The van der Waals surface area contributed by atoms with Crippen molar-refractivity contribution in [2.75, 3.05) is 0 Å². The Kier molecular flexibility index (Phi) is 3.13. The molecule has 0 saturated heterocycles. The van der Waals surface area contributed by atoms with Gasteiger partial charge in [-0.05, 0) is 31.0 Å². The summed E-state index contributed by atoms with van der Waals surface area (Å²) in [5, 5.41) is -0.0175. The Morgan fingerprint density at radius 2 is 1.80 bits per heavy atom. The van der Waals surface area contributed by atoms with Crippen molar-refractivity contribution in [3.8, 4) is 0 Å². The molecule has 0 aliphatic carbocycles. The van der Waals surface area contributed by atoms with Crippen LogP contribution in [0.3, 0.4) is 0 Å². The third-order valence-electron chi connectivity index (χ3n) is 2.44. The van der Waals surface area contributed by atoms with Gasteiger partial charge in [-0.25, -0.2) is 0 Å². The zero-order valence-electron chi connectivity index (χ0n) is 8.83. The van der Waals surface area contributed by atoms with Gasteiger partial charge in [0.25, 0.3) is 0 Å². The maximum absolute atomic E-state index is 6.46. The second kappa shape index (κ2) is 4.38. The van der Waals surface area contributed by atoms with E-state index in [9.17, 15) is 0 Å². The smallest absolute Gasteiger partial charge is 0.0846 e. The summed E-state index contributed by atoms with van der Waals surface area (Å²) >= 11 is 8.26. The zero-order valence-corrected chi connectivity index (χ0v) is 10.4. The standard InChI is InChI=1S/C13H13ClS/c1-9-8-12(10(2)15-9)13(14)11-6-4-3-5-7-11/h3-8,13H,1-2H3. The van der Waals surface area contributed by atoms with E-state index in [-0.39, 0.29) is 5.38 Å². The van der Waals surface area contributed by atoms with Gasteiger partial charge in [-0.15, -0.1) is 22.9 Å². The molecular weight excluding hydrogens is 224 g/mol. The number of alkyl halides is 1. The lowest BCUT2D eigenvalue weighted by molar-refractivity contribution is 1.13. The molecule has 0 amide bonds. The first-order valence-electron chi connectivity index (χ1n) is 4.94. The van der Waals surface area contributed by atoms with Crippen LogP contribution in [0.4, 0.5) is 0 Å². The molecule has 1 atom stereocenters. The second-order valence-corrected chi connectivity index (χ2v) is 5.54. The van der Waals surface area contributed by atoms with E-state index in [1.807, 2.05) is 29.5 Å². The van der Waals surface area contributed by atoms with Crippen molar-refractivity contribution in [2.24, 2.45) is 0 Å². The maximum Gasteiger partial charge on any atom is 0.0846 e. The van der Waals surface area contributed by atoms with E-state index in [0.29, 0.717) is 0 Å². The topological polar surface area (TPSA) is 0 Å². The second-order valence-electron chi connectivity index (χ2n) is 3.64. The number of hydrogen-bond acceptors (Lipinski definition) is 1. The molecule has 15 heavy (non-hydrogen) atoms. The van der Waals surface area contributed by atoms with E-state index in [1.165, 1.54) is 20.9 Å². The Morgan fingerprint density at radius 1 is 1.13 bits per heavy atom. The highest BCUT2D eigenvalue weighted by molar-refractivity contribution is 7.12. The molecule has 2 rings (SSSR count). The van der Waals surface area contributed by atoms with Crippen LogP contribution >= 0.6 is 22.9 Å². The molecule has 0 spiro atoms. The summed E-state index contributed by atoms with van der Waals surface area (Å²) in [7, 11) is 0. The highest BCUT2D eigenvalue weighted by atomic mass is 35.5. The van der Waals surface area contributed by atoms with Crippen LogP contribution in [-0.4, -0.2) is 0 Å². The van der Waals surface area contributed by atoms with E-state index in [2.05, 4.69) is 32.0 Å². The molecule has 2 aromatic rings. The van der Waals surface area contributed by atoms with Gasteiger partial charge in [-0.1, -0.05) is 30.3 Å². The van der Waals surface area contributed by atoms with Crippen LogP contribution in [0.1, 0.15) is 26.3 Å². The lowest BCUT2D eigenvalue weighted by Gasteiger charge is -2.09. The maximum atomic E-state index is 6.46. The number of halogens is 1. The normalized spacial score (nSPS) is 12.7. The van der Waals surface area contributed by atoms with Gasteiger partial charge in [0, 0.05) is 9.75 Å². The minimum absolute atomic E-state index is 0.0175. The summed E-state index contributed by atoms with van der Waals surface area (Å²) < 4.78 is 0. The van der Waals surface area contributed by atoms with Gasteiger partial charge in [-0.2, -0.15) is 0 Å². The van der Waals surface area contributed by atoms with Crippen molar-refractivity contribution in [1.29, 1.82) is 0 Å². The van der Waals surface area contributed by atoms with Crippen molar-refractivity contribution in [3.63, 3.8) is 0 Å². The first-order chi connectivity index (χ1) is 7.18. The van der Waals surface area contributed by atoms with Crippen molar-refractivity contribution < 1.29 is 0 Å². The fourth-order valence-electron chi connectivity index (χ4n) is 1.70. The van der Waals surface area contributed by atoms with Gasteiger partial charge in [0.15, 0.2) is 0 Å². The molecule has 0 nitrogen and oxygen atoms in total. The van der Waals surface area contributed by atoms with Crippen LogP contribution in [-0.2, 0) is 0 Å². The molecule has 0 radical (unpaired) electrons. The highest BCUT2D eigenvalue weighted by Gasteiger charge is 2.14. The minimum atomic E-state index is -0.0175. The van der Waals surface area contributed by atoms with E-state index < -0.39 is 0 Å². The third-order valence-corrected chi connectivity index (χ3v) is 3.91. The quantitative estimate of drug-likeness (QED) is 0.664. The van der Waals surface area contributed by atoms with E-state index >= 15 is 0 Å². The number of rotatable bonds is 2. The van der Waals surface area contributed by atoms with Gasteiger partial charge in [0.05, 0.1) is 5.38 Å². The van der Waals surface area contributed by atoms with Crippen LogP contribution in [0.2, 0.25) is 0 Å². The fourth-order valence-corrected chi connectivity index (χ4v) is 3.10. The Morgan fingerprint density at radius 3 is 2.33 bits per heavy atom. The Labute approximate surface area is 99.5 Å². The predicted octanol–water partition coefficient (Wildman–Crippen LogP) is 4.69. The van der Waals surface area contributed by atoms with Gasteiger partial charge >= 0.3 is 0 Å². The zero-order chi connectivity index (χ0) is 10.8. The van der Waals surface area contributed by atoms with E-state index in [1.54, 1.807) is 0 Å². The van der Waals surface area contributed by atoms with E-state index in [0.717, 1.165) is 0 Å². The largest absolute Gasteiger partial charge is 0.146 e. The number of thiophene rings is 1. The van der Waals surface area contributed by atoms with Crippen molar-refractivity contribution in [2.45, 2.75) is 19.2 Å². The first kappa shape index (κ1) is 10.7. The van der Waals surface area contributed by atoms with Gasteiger partial charge < -0.3 is 0 Å². The van der Waals surface area contributed by atoms with Crippen molar-refractivity contribution in [3.05, 3.63) is 57.3 Å². The summed E-state index contributed by atoms with van der Waals surface area (Å²) in [5.74, 6) is 0. The minimum Gasteiger partial charge on any atom is -0.146 e. The summed E-state index contributed by atoms with van der Waals surface area (Å²) in [5.41, 5.74) is 2.41. The first-order valence-corrected chi connectivity index (χ1v) is 6.19. The average molecular weight is 237 g/mol. The molecule has 1 aromatic carbocycles. The molecule has 2 heteroatoms. The summed E-state index contributed by atoms with van der Waals surface area (Å²) in [4.78, 5) is 2.64. The van der Waals surface area contributed by atoms with Gasteiger partial charge in [-0.3, -0.25) is 0 Å². The van der Waals surface area contributed by atoms with Crippen molar-refractivity contribution in [1.82, 2.24) is 0 Å². The number of benzene rings is 1. The highest BCUT2D eigenvalue weighted by Crippen LogP contribution is 2.34. The molecular formula is C13H13ClS. The van der Waals surface area contributed by atoms with Gasteiger partial charge in [0.1, 0.15) is 0 Å². The van der Waals surface area contributed by atoms with Crippen LogP contribution in [0, 0.1) is 13.8 Å².